The standard InChI is InChI=1S/C28H42O3/c1-19(30-2)26-12-13-27-25-10-8-21-16-22(31-17-20-6-4-3-5-7-20)9-11-23(21)24(25)14-15-28(26,27)18-29/h3-7,19,21-27,29H,8-18H2,1-2H3/t19-,21+,22+,23-,24+,25+,26+,27-,28-/m0/s1. The van der Waals surface area contributed by atoms with Gasteiger partial charge in [0.2, 0.25) is 0 Å². The number of aliphatic hydroxyl groups excluding tert-OH is 1. The van der Waals surface area contributed by atoms with Crippen LogP contribution in [-0.4, -0.2) is 31.0 Å². The average molecular weight is 427 g/mol. The Hall–Kier alpha value is -0.900. The summed E-state index contributed by atoms with van der Waals surface area (Å²) in [5.41, 5.74) is 1.42. The Kier molecular flexibility index (Phi) is 6.47. The molecule has 4 saturated carbocycles. The van der Waals surface area contributed by atoms with E-state index in [4.69, 9.17) is 9.47 Å². The highest BCUT2D eigenvalue weighted by Gasteiger charge is 2.59. The molecule has 1 aromatic carbocycles. The molecular formula is C28H42O3. The molecule has 4 fully saturated rings. The summed E-state index contributed by atoms with van der Waals surface area (Å²) in [6.45, 7) is 3.35. The van der Waals surface area contributed by atoms with Crippen molar-refractivity contribution in [3.63, 3.8) is 0 Å². The summed E-state index contributed by atoms with van der Waals surface area (Å²) in [6.07, 6.45) is 12.4. The van der Waals surface area contributed by atoms with Crippen LogP contribution < -0.4 is 0 Å². The van der Waals surface area contributed by atoms with Crippen LogP contribution in [0, 0.1) is 40.9 Å². The number of fused-ring (bicyclic) bond motifs is 5. The number of ether oxygens (including phenoxy) is 2. The number of benzene rings is 1. The van der Waals surface area contributed by atoms with Crippen LogP contribution in [0.4, 0.5) is 0 Å². The lowest BCUT2D eigenvalue weighted by atomic mass is 9.49. The van der Waals surface area contributed by atoms with Crippen molar-refractivity contribution in [2.75, 3.05) is 13.7 Å². The van der Waals surface area contributed by atoms with E-state index in [1.165, 1.54) is 63.4 Å². The molecule has 0 aliphatic heterocycles. The zero-order chi connectivity index (χ0) is 21.4. The minimum Gasteiger partial charge on any atom is -0.396 e. The van der Waals surface area contributed by atoms with Crippen molar-refractivity contribution in [2.45, 2.75) is 83.5 Å². The molecule has 1 aromatic rings. The van der Waals surface area contributed by atoms with Crippen molar-refractivity contribution in [3.8, 4) is 0 Å². The normalized spacial score (nSPS) is 43.0. The molecule has 172 valence electrons. The third kappa shape index (κ3) is 3.89. The first kappa shape index (κ1) is 21.9. The second-order valence-corrected chi connectivity index (χ2v) is 11.2. The molecule has 0 spiro atoms. The molecule has 0 bridgehead atoms. The summed E-state index contributed by atoms with van der Waals surface area (Å²) >= 11 is 0. The third-order valence-electron chi connectivity index (χ3n) is 10.3. The maximum atomic E-state index is 10.6. The fourth-order valence-electron chi connectivity index (χ4n) is 8.78. The highest BCUT2D eigenvalue weighted by molar-refractivity contribution is 5.13. The molecular weight excluding hydrogens is 384 g/mol. The summed E-state index contributed by atoms with van der Waals surface area (Å²) in [5, 5.41) is 10.6. The molecule has 1 N–H and O–H groups in total. The Balaban J connectivity index is 1.23. The maximum Gasteiger partial charge on any atom is 0.0720 e. The average Bonchev–Trinajstić information content (AvgIpc) is 3.22. The smallest absolute Gasteiger partial charge is 0.0720 e. The van der Waals surface area contributed by atoms with Crippen LogP contribution in [0.3, 0.4) is 0 Å². The van der Waals surface area contributed by atoms with Gasteiger partial charge < -0.3 is 14.6 Å². The highest BCUT2D eigenvalue weighted by Crippen LogP contribution is 2.64. The summed E-state index contributed by atoms with van der Waals surface area (Å²) in [7, 11) is 1.85. The first-order valence-corrected chi connectivity index (χ1v) is 13.0. The van der Waals surface area contributed by atoms with Gasteiger partial charge in [0.25, 0.3) is 0 Å². The number of rotatable bonds is 6. The number of methoxy groups -OCH3 is 1. The fraction of sp³-hybridized carbons (Fsp3) is 0.786. The molecule has 0 heterocycles. The van der Waals surface area contributed by atoms with Gasteiger partial charge in [-0.3, -0.25) is 0 Å². The zero-order valence-electron chi connectivity index (χ0n) is 19.5. The van der Waals surface area contributed by atoms with Crippen LogP contribution >= 0.6 is 0 Å². The molecule has 0 aromatic heterocycles. The molecule has 0 radical (unpaired) electrons. The van der Waals surface area contributed by atoms with E-state index in [-0.39, 0.29) is 11.5 Å². The number of hydrogen-bond acceptors (Lipinski definition) is 3. The van der Waals surface area contributed by atoms with Gasteiger partial charge in [-0.1, -0.05) is 30.3 Å². The van der Waals surface area contributed by atoms with Gasteiger partial charge in [-0.25, -0.2) is 0 Å². The Morgan fingerprint density at radius 3 is 2.55 bits per heavy atom. The van der Waals surface area contributed by atoms with Gasteiger partial charge in [-0.2, -0.15) is 0 Å². The minimum absolute atomic E-state index is 0.124. The van der Waals surface area contributed by atoms with E-state index in [1.807, 2.05) is 7.11 Å². The first-order chi connectivity index (χ1) is 15.2. The molecule has 3 nitrogen and oxygen atoms in total. The van der Waals surface area contributed by atoms with Gasteiger partial charge in [0.05, 0.1) is 18.8 Å². The van der Waals surface area contributed by atoms with Crippen molar-refractivity contribution >= 4 is 0 Å². The van der Waals surface area contributed by atoms with E-state index >= 15 is 0 Å². The number of hydrogen-bond donors (Lipinski definition) is 1. The van der Waals surface area contributed by atoms with Gasteiger partial charge >= 0.3 is 0 Å². The topological polar surface area (TPSA) is 38.7 Å². The molecule has 3 heteroatoms. The van der Waals surface area contributed by atoms with Crippen LogP contribution in [0.15, 0.2) is 30.3 Å². The SMILES string of the molecule is CO[C@@H](C)[C@H]1CC[C@H]2[C@@H]3CC[C@@H]4C[C@H](OCc5ccccc5)CC[C@@H]4[C@H]3CC[C@]12CO. The summed E-state index contributed by atoms with van der Waals surface area (Å²) < 4.78 is 12.1. The van der Waals surface area contributed by atoms with Crippen molar-refractivity contribution in [1.29, 1.82) is 0 Å². The first-order valence-electron chi connectivity index (χ1n) is 13.0. The van der Waals surface area contributed by atoms with E-state index in [2.05, 4.69) is 37.3 Å². The second-order valence-electron chi connectivity index (χ2n) is 11.2. The van der Waals surface area contributed by atoms with E-state index < -0.39 is 0 Å². The van der Waals surface area contributed by atoms with Gasteiger partial charge in [-0.15, -0.1) is 0 Å². The molecule has 4 aliphatic rings. The van der Waals surface area contributed by atoms with Gasteiger partial charge in [0.1, 0.15) is 0 Å². The van der Waals surface area contributed by atoms with E-state index in [0.29, 0.717) is 24.5 Å². The van der Waals surface area contributed by atoms with Crippen LogP contribution in [0.1, 0.15) is 70.3 Å². The lowest BCUT2D eigenvalue weighted by Crippen LogP contribution is -2.52. The van der Waals surface area contributed by atoms with E-state index in [1.54, 1.807) is 0 Å². The quantitative estimate of drug-likeness (QED) is 0.620. The molecule has 0 amide bonds. The lowest BCUT2D eigenvalue weighted by Gasteiger charge is -2.57. The second kappa shape index (κ2) is 9.15. The molecule has 31 heavy (non-hydrogen) atoms. The van der Waals surface area contributed by atoms with Gasteiger partial charge in [0, 0.05) is 19.1 Å². The molecule has 0 unspecified atom stereocenters. The molecule has 9 atom stereocenters. The van der Waals surface area contributed by atoms with Crippen molar-refractivity contribution in [1.82, 2.24) is 0 Å². The highest BCUT2D eigenvalue weighted by atomic mass is 16.5. The summed E-state index contributed by atoms with van der Waals surface area (Å²) in [4.78, 5) is 0. The van der Waals surface area contributed by atoms with Crippen LogP contribution in [0.25, 0.3) is 0 Å². The third-order valence-corrected chi connectivity index (χ3v) is 10.3. The Morgan fingerprint density at radius 2 is 1.77 bits per heavy atom. The van der Waals surface area contributed by atoms with E-state index in [9.17, 15) is 5.11 Å². The van der Waals surface area contributed by atoms with Crippen LogP contribution in [-0.2, 0) is 16.1 Å². The molecule has 4 aliphatic carbocycles. The summed E-state index contributed by atoms with van der Waals surface area (Å²) in [5.74, 6) is 4.71. The van der Waals surface area contributed by atoms with Gasteiger partial charge in [-0.05, 0) is 106 Å². The minimum atomic E-state index is 0.124. The van der Waals surface area contributed by atoms with Gasteiger partial charge in [0.15, 0.2) is 0 Å². The fourth-order valence-corrected chi connectivity index (χ4v) is 8.78. The van der Waals surface area contributed by atoms with Crippen molar-refractivity contribution in [2.24, 2.45) is 40.9 Å². The Labute approximate surface area is 188 Å². The predicted octanol–water partition coefficient (Wildman–Crippen LogP) is 5.85. The largest absolute Gasteiger partial charge is 0.396 e. The van der Waals surface area contributed by atoms with Crippen LogP contribution in [0.5, 0.6) is 0 Å². The summed E-state index contributed by atoms with van der Waals surface area (Å²) in [6, 6.07) is 10.6. The van der Waals surface area contributed by atoms with Crippen molar-refractivity contribution in [3.05, 3.63) is 35.9 Å². The monoisotopic (exact) mass is 426 g/mol. The van der Waals surface area contributed by atoms with Crippen molar-refractivity contribution < 1.29 is 14.6 Å². The van der Waals surface area contributed by atoms with Crippen LogP contribution in [0.2, 0.25) is 0 Å². The van der Waals surface area contributed by atoms with E-state index in [0.717, 1.165) is 30.3 Å². The molecule has 5 rings (SSSR count). The lowest BCUT2D eigenvalue weighted by molar-refractivity contribution is -0.122. The predicted molar refractivity (Wildman–Crippen MR) is 124 cm³/mol. The Morgan fingerprint density at radius 1 is 0.968 bits per heavy atom. The Bertz CT molecular complexity index is 720. The molecule has 0 saturated heterocycles. The maximum absolute atomic E-state index is 10.6. The zero-order valence-corrected chi connectivity index (χ0v) is 19.5. The number of aliphatic hydroxyl groups is 1.